The van der Waals surface area contributed by atoms with E-state index in [0.717, 1.165) is 36.1 Å². The molecule has 1 unspecified atom stereocenters. The fourth-order valence-electron chi connectivity index (χ4n) is 2.71. The highest BCUT2D eigenvalue weighted by molar-refractivity contribution is 9.10. The second-order valence-corrected chi connectivity index (χ2v) is 7.75. The molecule has 0 aliphatic carbocycles. The number of anilines is 2. The molecule has 1 N–H and O–H groups in total. The third-order valence-corrected chi connectivity index (χ3v) is 5.71. The Morgan fingerprint density at radius 1 is 1.45 bits per heavy atom. The van der Waals surface area contributed by atoms with Crippen LogP contribution in [0.3, 0.4) is 0 Å². The summed E-state index contributed by atoms with van der Waals surface area (Å²) in [5.74, 6) is -0.0133. The van der Waals surface area contributed by atoms with E-state index in [0.29, 0.717) is 5.13 Å². The fourth-order valence-corrected chi connectivity index (χ4v) is 4.18. The molecule has 4 nitrogen and oxygen atoms in total. The quantitative estimate of drug-likeness (QED) is 0.780. The van der Waals surface area contributed by atoms with Crippen LogP contribution in [-0.2, 0) is 4.79 Å². The maximum absolute atomic E-state index is 12.1. The number of hydrogen-bond donors (Lipinski definition) is 1. The summed E-state index contributed by atoms with van der Waals surface area (Å²) in [6, 6.07) is 6.36. The normalized spacial score (nSPS) is 16.2. The summed E-state index contributed by atoms with van der Waals surface area (Å²) in [6.45, 7) is 4.34. The van der Waals surface area contributed by atoms with Gasteiger partial charge in [0.15, 0.2) is 5.13 Å². The van der Waals surface area contributed by atoms with Crippen molar-refractivity contribution in [2.45, 2.75) is 37.4 Å². The lowest BCUT2D eigenvalue weighted by Gasteiger charge is -2.16. The van der Waals surface area contributed by atoms with E-state index in [2.05, 4.69) is 50.2 Å². The summed E-state index contributed by atoms with van der Waals surface area (Å²) in [5, 5.41) is 3.59. The van der Waals surface area contributed by atoms with Crippen molar-refractivity contribution in [3.8, 4) is 0 Å². The van der Waals surface area contributed by atoms with E-state index in [1.165, 1.54) is 18.5 Å². The summed E-state index contributed by atoms with van der Waals surface area (Å²) in [7, 11) is 0. The second-order valence-electron chi connectivity index (χ2n) is 5.61. The van der Waals surface area contributed by atoms with Crippen molar-refractivity contribution in [3.05, 3.63) is 18.2 Å². The number of alkyl halides is 1. The van der Waals surface area contributed by atoms with Gasteiger partial charge in [-0.2, -0.15) is 0 Å². The van der Waals surface area contributed by atoms with E-state index >= 15 is 0 Å². The average Bonchev–Trinajstić information content (AvgIpc) is 3.15. The van der Waals surface area contributed by atoms with Crippen LogP contribution in [0, 0.1) is 0 Å². The molecule has 0 bridgehead atoms. The molecule has 2 aromatic rings. The van der Waals surface area contributed by atoms with E-state index in [9.17, 15) is 4.79 Å². The van der Waals surface area contributed by atoms with E-state index in [-0.39, 0.29) is 10.7 Å². The Kier molecular flexibility index (Phi) is 4.98. The van der Waals surface area contributed by atoms with Crippen LogP contribution in [0.1, 0.15) is 32.6 Å². The first-order chi connectivity index (χ1) is 10.7. The molecule has 1 amide bonds. The van der Waals surface area contributed by atoms with Gasteiger partial charge in [0.25, 0.3) is 0 Å². The van der Waals surface area contributed by atoms with Crippen LogP contribution in [0.5, 0.6) is 0 Å². The van der Waals surface area contributed by atoms with Crippen LogP contribution < -0.4 is 10.2 Å². The van der Waals surface area contributed by atoms with Crippen molar-refractivity contribution in [3.63, 3.8) is 0 Å². The molecule has 2 heterocycles. The first-order valence-corrected chi connectivity index (χ1v) is 9.51. The number of hydrogen-bond acceptors (Lipinski definition) is 4. The highest BCUT2D eigenvalue weighted by atomic mass is 79.9. The molecule has 1 saturated heterocycles. The maximum Gasteiger partial charge on any atom is 0.239 e. The number of fused-ring (bicyclic) bond motifs is 1. The lowest BCUT2D eigenvalue weighted by atomic mass is 10.2. The van der Waals surface area contributed by atoms with Crippen LogP contribution in [0.25, 0.3) is 10.2 Å². The Morgan fingerprint density at radius 2 is 2.23 bits per heavy atom. The predicted octanol–water partition coefficient (Wildman–Crippen LogP) is 4.40. The molecule has 0 radical (unpaired) electrons. The van der Waals surface area contributed by atoms with Gasteiger partial charge in [0.1, 0.15) is 0 Å². The average molecular weight is 382 g/mol. The fraction of sp³-hybridized carbons (Fsp3) is 0.500. The minimum absolute atomic E-state index is 0.0133. The number of halogens is 1. The van der Waals surface area contributed by atoms with Crippen molar-refractivity contribution >= 4 is 54.2 Å². The molecular weight excluding hydrogens is 362 g/mol. The Bertz CT molecular complexity index is 666. The lowest BCUT2D eigenvalue weighted by molar-refractivity contribution is -0.115. The van der Waals surface area contributed by atoms with Gasteiger partial charge in [-0.05, 0) is 37.5 Å². The second kappa shape index (κ2) is 6.96. The van der Waals surface area contributed by atoms with Gasteiger partial charge in [-0.15, -0.1) is 0 Å². The smallest absolute Gasteiger partial charge is 0.239 e. The summed E-state index contributed by atoms with van der Waals surface area (Å²) < 4.78 is 1.13. The van der Waals surface area contributed by atoms with Gasteiger partial charge >= 0.3 is 0 Å². The Balaban J connectivity index is 1.76. The number of nitrogens with one attached hydrogen (secondary N) is 1. The number of aromatic nitrogens is 1. The number of amides is 1. The van der Waals surface area contributed by atoms with Crippen molar-refractivity contribution in [2.75, 3.05) is 23.3 Å². The standard InChI is InChI=1S/C16H20BrN3OS/c1-2-5-12(17)15(21)19-16-18-13-7-6-11(10-14(13)22-16)20-8-3-4-9-20/h6-7,10,12H,2-5,8-9H2,1H3,(H,18,19,21). The molecule has 3 rings (SSSR count). The molecule has 0 saturated carbocycles. The predicted molar refractivity (Wildman–Crippen MR) is 97.3 cm³/mol. The SMILES string of the molecule is CCCC(Br)C(=O)Nc1nc2ccc(N3CCCC3)cc2s1. The van der Waals surface area contributed by atoms with Crippen molar-refractivity contribution in [2.24, 2.45) is 0 Å². The number of carbonyl (C=O) groups is 1. The van der Waals surface area contributed by atoms with Crippen molar-refractivity contribution in [1.29, 1.82) is 0 Å². The summed E-state index contributed by atoms with van der Waals surface area (Å²) in [6.07, 6.45) is 4.34. The van der Waals surface area contributed by atoms with Crippen molar-refractivity contribution in [1.82, 2.24) is 4.98 Å². The van der Waals surface area contributed by atoms with E-state index in [1.54, 1.807) is 11.3 Å². The van der Waals surface area contributed by atoms with Gasteiger partial charge in [-0.3, -0.25) is 4.79 Å². The topological polar surface area (TPSA) is 45.2 Å². The molecule has 1 aromatic heterocycles. The summed E-state index contributed by atoms with van der Waals surface area (Å²) in [5.41, 5.74) is 2.21. The minimum atomic E-state index is -0.148. The highest BCUT2D eigenvalue weighted by Crippen LogP contribution is 2.31. The lowest BCUT2D eigenvalue weighted by Crippen LogP contribution is -2.22. The zero-order chi connectivity index (χ0) is 15.5. The zero-order valence-electron chi connectivity index (χ0n) is 12.6. The van der Waals surface area contributed by atoms with E-state index in [4.69, 9.17) is 0 Å². The Labute approximate surface area is 143 Å². The Hall–Kier alpha value is -1.14. The largest absolute Gasteiger partial charge is 0.371 e. The maximum atomic E-state index is 12.1. The van der Waals surface area contributed by atoms with Gasteiger partial charge < -0.3 is 10.2 Å². The summed E-state index contributed by atoms with van der Waals surface area (Å²) >= 11 is 4.96. The molecule has 1 atom stereocenters. The molecular formula is C16H20BrN3OS. The van der Waals surface area contributed by atoms with Crippen LogP contribution in [0.2, 0.25) is 0 Å². The summed E-state index contributed by atoms with van der Waals surface area (Å²) in [4.78, 5) is 18.8. The first-order valence-electron chi connectivity index (χ1n) is 7.78. The molecule has 22 heavy (non-hydrogen) atoms. The van der Waals surface area contributed by atoms with E-state index in [1.807, 2.05) is 6.07 Å². The molecule has 1 fully saturated rings. The monoisotopic (exact) mass is 381 g/mol. The van der Waals surface area contributed by atoms with Crippen LogP contribution >= 0.6 is 27.3 Å². The molecule has 118 valence electrons. The minimum Gasteiger partial charge on any atom is -0.371 e. The van der Waals surface area contributed by atoms with Crippen LogP contribution in [0.4, 0.5) is 10.8 Å². The Morgan fingerprint density at radius 3 is 2.95 bits per heavy atom. The van der Waals surface area contributed by atoms with E-state index < -0.39 is 0 Å². The van der Waals surface area contributed by atoms with Crippen LogP contribution in [0.15, 0.2) is 18.2 Å². The number of thiazole rings is 1. The van der Waals surface area contributed by atoms with Gasteiger partial charge in [-0.25, -0.2) is 4.98 Å². The highest BCUT2D eigenvalue weighted by Gasteiger charge is 2.17. The first kappa shape index (κ1) is 15.7. The van der Waals surface area contributed by atoms with Gasteiger partial charge in [0.05, 0.1) is 15.0 Å². The van der Waals surface area contributed by atoms with Gasteiger partial charge in [0.2, 0.25) is 5.91 Å². The van der Waals surface area contributed by atoms with Gasteiger partial charge in [0, 0.05) is 18.8 Å². The van der Waals surface area contributed by atoms with Gasteiger partial charge in [-0.1, -0.05) is 40.6 Å². The number of rotatable bonds is 5. The van der Waals surface area contributed by atoms with Crippen molar-refractivity contribution < 1.29 is 4.79 Å². The molecule has 1 aliphatic heterocycles. The third kappa shape index (κ3) is 3.43. The number of carbonyl (C=O) groups excluding carboxylic acids is 1. The van der Waals surface area contributed by atoms with Crippen LogP contribution in [-0.4, -0.2) is 28.8 Å². The molecule has 0 spiro atoms. The number of nitrogens with zero attached hydrogens (tertiary/aromatic N) is 2. The molecule has 1 aromatic carbocycles. The third-order valence-electron chi connectivity index (χ3n) is 3.90. The molecule has 6 heteroatoms. The zero-order valence-corrected chi connectivity index (χ0v) is 15.0. The molecule has 1 aliphatic rings. The number of benzene rings is 1.